The van der Waals surface area contributed by atoms with Crippen molar-refractivity contribution in [2.75, 3.05) is 12.4 Å². The highest BCUT2D eigenvalue weighted by Crippen LogP contribution is 2.31. The van der Waals surface area contributed by atoms with Crippen LogP contribution in [0.1, 0.15) is 11.3 Å². The summed E-state index contributed by atoms with van der Waals surface area (Å²) in [5.74, 6) is -0.461. The smallest absolute Gasteiger partial charge is 0.330 e. The number of para-hydroxylation sites is 2. The lowest BCUT2D eigenvalue weighted by atomic mass is 9.94. The maximum absolute atomic E-state index is 12.3. The van der Waals surface area contributed by atoms with Crippen LogP contribution < -0.4 is 10.6 Å². The SMILES string of the molecule is COC(=O)/C=C1/c2ccccc2NC(=O)N[C@H]1Cc1cc2ccccc2[nH]1. The number of hydrogen-bond donors (Lipinski definition) is 3. The Morgan fingerprint density at radius 3 is 2.74 bits per heavy atom. The number of benzene rings is 2. The van der Waals surface area contributed by atoms with Gasteiger partial charge in [0.15, 0.2) is 0 Å². The molecular weight excluding hydrogens is 342 g/mol. The number of nitrogens with one attached hydrogen (secondary N) is 3. The number of fused-ring (bicyclic) bond motifs is 2. The summed E-state index contributed by atoms with van der Waals surface area (Å²) >= 11 is 0. The number of esters is 1. The Hall–Kier alpha value is -3.54. The van der Waals surface area contributed by atoms with E-state index in [0.717, 1.165) is 22.2 Å². The summed E-state index contributed by atoms with van der Waals surface area (Å²) in [6, 6.07) is 16.8. The van der Waals surface area contributed by atoms with Crippen molar-refractivity contribution in [3.8, 4) is 0 Å². The Balaban J connectivity index is 1.77. The first kappa shape index (κ1) is 16.9. The highest BCUT2D eigenvalue weighted by molar-refractivity contribution is 6.02. The minimum absolute atomic E-state index is 0.308. The number of aromatic nitrogens is 1. The number of hydrogen-bond acceptors (Lipinski definition) is 3. The lowest BCUT2D eigenvalue weighted by molar-refractivity contribution is -0.134. The Kier molecular flexibility index (Phi) is 4.38. The van der Waals surface area contributed by atoms with Gasteiger partial charge in [-0.1, -0.05) is 36.4 Å². The molecule has 0 radical (unpaired) electrons. The Bertz CT molecular complexity index is 1020. The van der Waals surface area contributed by atoms with Gasteiger partial charge in [-0.25, -0.2) is 9.59 Å². The molecule has 0 saturated carbocycles. The van der Waals surface area contributed by atoms with Crippen molar-refractivity contribution < 1.29 is 14.3 Å². The standard InChI is InChI=1S/C21H19N3O3/c1-27-20(25)12-16-15-7-3-5-9-18(15)23-21(26)24-19(16)11-14-10-13-6-2-4-8-17(13)22-14/h2-10,12,19,22H,11H2,1H3,(H2,23,24,26)/b16-12-/t19-/m0/s1. The molecular formula is C21H19N3O3. The number of urea groups is 1. The zero-order valence-electron chi connectivity index (χ0n) is 14.8. The van der Waals surface area contributed by atoms with Gasteiger partial charge in [0.05, 0.1) is 13.2 Å². The van der Waals surface area contributed by atoms with Gasteiger partial charge >= 0.3 is 12.0 Å². The molecule has 0 spiro atoms. The molecule has 6 heteroatoms. The second-order valence-corrected chi connectivity index (χ2v) is 6.41. The van der Waals surface area contributed by atoms with Crippen molar-refractivity contribution in [3.05, 3.63) is 71.9 Å². The number of anilines is 1. The molecule has 3 N–H and O–H groups in total. The number of aromatic amines is 1. The maximum Gasteiger partial charge on any atom is 0.330 e. The summed E-state index contributed by atoms with van der Waals surface area (Å²) in [5.41, 5.74) is 4.15. The average molecular weight is 361 g/mol. The normalized spacial score (nSPS) is 17.7. The topological polar surface area (TPSA) is 83.2 Å². The van der Waals surface area contributed by atoms with E-state index in [9.17, 15) is 9.59 Å². The summed E-state index contributed by atoms with van der Waals surface area (Å²) in [4.78, 5) is 27.7. The third-order valence-electron chi connectivity index (χ3n) is 4.65. The van der Waals surface area contributed by atoms with Gasteiger partial charge in [0, 0.05) is 35.0 Å². The number of carbonyl (C=O) groups is 2. The van der Waals surface area contributed by atoms with Gasteiger partial charge in [-0.3, -0.25) is 0 Å². The van der Waals surface area contributed by atoms with E-state index >= 15 is 0 Å². The molecule has 0 aliphatic carbocycles. The van der Waals surface area contributed by atoms with Crippen LogP contribution in [0.5, 0.6) is 0 Å². The first-order chi connectivity index (χ1) is 13.1. The molecule has 6 nitrogen and oxygen atoms in total. The molecule has 1 atom stereocenters. The van der Waals surface area contributed by atoms with Crippen LogP contribution in [0.4, 0.5) is 10.5 Å². The summed E-state index contributed by atoms with van der Waals surface area (Å²) in [5, 5.41) is 6.89. The van der Waals surface area contributed by atoms with Crippen LogP contribution in [-0.4, -0.2) is 30.1 Å². The van der Waals surface area contributed by atoms with E-state index in [1.165, 1.54) is 13.2 Å². The molecule has 2 heterocycles. The van der Waals surface area contributed by atoms with E-state index in [1.54, 1.807) is 0 Å². The number of rotatable bonds is 3. The molecule has 1 aliphatic heterocycles. The Labute approximate surface area is 156 Å². The fourth-order valence-corrected chi connectivity index (χ4v) is 3.41. The summed E-state index contributed by atoms with van der Waals surface area (Å²) in [6.45, 7) is 0. The molecule has 4 rings (SSSR count). The average Bonchev–Trinajstić information content (AvgIpc) is 3.02. The first-order valence-electron chi connectivity index (χ1n) is 8.67. The number of carbonyl (C=O) groups excluding carboxylic acids is 2. The largest absolute Gasteiger partial charge is 0.466 e. The van der Waals surface area contributed by atoms with Crippen molar-refractivity contribution in [1.82, 2.24) is 10.3 Å². The van der Waals surface area contributed by atoms with E-state index in [4.69, 9.17) is 4.74 Å². The highest BCUT2D eigenvalue weighted by Gasteiger charge is 2.26. The predicted molar refractivity (Wildman–Crippen MR) is 104 cm³/mol. The van der Waals surface area contributed by atoms with Gasteiger partial charge in [0.2, 0.25) is 0 Å². The number of ether oxygens (including phenoxy) is 1. The number of amides is 2. The molecule has 27 heavy (non-hydrogen) atoms. The Morgan fingerprint density at radius 2 is 1.93 bits per heavy atom. The Morgan fingerprint density at radius 1 is 1.15 bits per heavy atom. The van der Waals surface area contributed by atoms with Gasteiger partial charge < -0.3 is 20.4 Å². The van der Waals surface area contributed by atoms with Crippen molar-refractivity contribution in [1.29, 1.82) is 0 Å². The van der Waals surface area contributed by atoms with Crippen molar-refractivity contribution in [2.24, 2.45) is 0 Å². The van der Waals surface area contributed by atoms with Crippen LogP contribution in [0.15, 0.2) is 60.7 Å². The van der Waals surface area contributed by atoms with Crippen LogP contribution >= 0.6 is 0 Å². The van der Waals surface area contributed by atoms with Gasteiger partial charge in [0.25, 0.3) is 0 Å². The monoisotopic (exact) mass is 361 g/mol. The van der Waals surface area contributed by atoms with Crippen LogP contribution in [0, 0.1) is 0 Å². The third kappa shape index (κ3) is 3.42. The van der Waals surface area contributed by atoms with Crippen molar-refractivity contribution >= 4 is 34.2 Å². The van der Waals surface area contributed by atoms with Gasteiger partial charge in [0.1, 0.15) is 0 Å². The second kappa shape index (κ2) is 6.99. The number of H-pyrrole nitrogens is 1. The third-order valence-corrected chi connectivity index (χ3v) is 4.65. The minimum atomic E-state index is -0.461. The van der Waals surface area contributed by atoms with Crippen LogP contribution in [0.2, 0.25) is 0 Å². The van der Waals surface area contributed by atoms with Crippen LogP contribution in [0.25, 0.3) is 16.5 Å². The van der Waals surface area contributed by atoms with Gasteiger partial charge in [-0.2, -0.15) is 0 Å². The van der Waals surface area contributed by atoms with E-state index in [-0.39, 0.29) is 12.1 Å². The van der Waals surface area contributed by atoms with E-state index in [1.807, 2.05) is 48.5 Å². The molecule has 2 aromatic carbocycles. The van der Waals surface area contributed by atoms with Crippen molar-refractivity contribution in [2.45, 2.75) is 12.5 Å². The molecule has 1 aromatic heterocycles. The minimum Gasteiger partial charge on any atom is -0.466 e. The summed E-state index contributed by atoms with van der Waals surface area (Å²) < 4.78 is 4.83. The zero-order chi connectivity index (χ0) is 18.8. The molecule has 1 aliphatic rings. The highest BCUT2D eigenvalue weighted by atomic mass is 16.5. The summed E-state index contributed by atoms with van der Waals surface area (Å²) in [7, 11) is 1.34. The van der Waals surface area contributed by atoms with Crippen LogP contribution in [-0.2, 0) is 16.0 Å². The van der Waals surface area contributed by atoms with Gasteiger partial charge in [-0.05, 0) is 29.2 Å². The van der Waals surface area contributed by atoms with E-state index in [0.29, 0.717) is 17.7 Å². The van der Waals surface area contributed by atoms with Crippen LogP contribution in [0.3, 0.4) is 0 Å². The first-order valence-corrected chi connectivity index (χ1v) is 8.67. The lowest BCUT2D eigenvalue weighted by Crippen LogP contribution is -2.38. The molecule has 136 valence electrons. The van der Waals surface area contributed by atoms with E-state index < -0.39 is 5.97 Å². The fraction of sp³-hybridized carbons (Fsp3) is 0.143. The van der Waals surface area contributed by atoms with E-state index in [2.05, 4.69) is 21.7 Å². The summed E-state index contributed by atoms with van der Waals surface area (Å²) in [6.07, 6.45) is 1.96. The predicted octanol–water partition coefficient (Wildman–Crippen LogP) is 3.47. The molecule has 0 bridgehead atoms. The molecule has 3 aromatic rings. The number of methoxy groups -OCH3 is 1. The maximum atomic E-state index is 12.3. The molecule has 0 saturated heterocycles. The lowest BCUT2D eigenvalue weighted by Gasteiger charge is -2.18. The molecule has 0 fully saturated rings. The van der Waals surface area contributed by atoms with Gasteiger partial charge in [-0.15, -0.1) is 0 Å². The quantitative estimate of drug-likeness (QED) is 0.493. The zero-order valence-corrected chi connectivity index (χ0v) is 14.8. The molecule has 0 unspecified atom stereocenters. The second-order valence-electron chi connectivity index (χ2n) is 6.41. The van der Waals surface area contributed by atoms with Crippen molar-refractivity contribution in [3.63, 3.8) is 0 Å². The molecule has 2 amide bonds. The fourth-order valence-electron chi connectivity index (χ4n) is 3.41.